The fraction of sp³-hybridized carbons (Fsp3) is 0.700. The van der Waals surface area contributed by atoms with Gasteiger partial charge in [-0.25, -0.2) is 0 Å². The lowest BCUT2D eigenvalue weighted by Gasteiger charge is -2.16. The molecule has 0 amide bonds. The highest BCUT2D eigenvalue weighted by Crippen LogP contribution is 2.35. The topological polar surface area (TPSA) is 74.6 Å². The summed E-state index contributed by atoms with van der Waals surface area (Å²) in [5.41, 5.74) is 0. The fourth-order valence-corrected chi connectivity index (χ4v) is 3.09. The van der Waals surface area contributed by atoms with Crippen LogP contribution in [0.4, 0.5) is 0 Å². The van der Waals surface area contributed by atoms with Crippen molar-refractivity contribution in [2.24, 2.45) is 11.8 Å². The highest BCUT2D eigenvalue weighted by molar-refractivity contribution is 5.89. The molecule has 0 spiro atoms. The average Bonchev–Trinajstić information content (AvgIpc) is 2.89. The molecule has 1 fully saturated rings. The van der Waals surface area contributed by atoms with E-state index in [0.717, 1.165) is 25.7 Å². The molecular weight excluding hydrogens is 304 g/mol. The van der Waals surface area contributed by atoms with Gasteiger partial charge in [-0.2, -0.15) is 0 Å². The maximum Gasteiger partial charge on any atom is 0.304 e. The number of carbonyl (C=O) groups excluding carboxylic acids is 1. The second-order valence-corrected chi connectivity index (χ2v) is 6.56. The summed E-state index contributed by atoms with van der Waals surface area (Å²) in [5.74, 6) is 5.40. The third kappa shape index (κ3) is 8.31. The van der Waals surface area contributed by atoms with Crippen molar-refractivity contribution < 1.29 is 19.8 Å². The van der Waals surface area contributed by atoms with Crippen molar-refractivity contribution in [3.05, 3.63) is 12.2 Å². The van der Waals surface area contributed by atoms with Gasteiger partial charge in [-0.1, -0.05) is 32.3 Å². The number of unbranched alkanes of at least 4 members (excludes halogenated alkanes) is 3. The number of aliphatic hydroxyl groups excluding tert-OH is 1. The lowest BCUT2D eigenvalue weighted by atomic mass is 9.91. The zero-order valence-corrected chi connectivity index (χ0v) is 14.7. The Kier molecular flexibility index (Phi) is 10.1. The van der Waals surface area contributed by atoms with Gasteiger partial charge in [0.05, 0.1) is 12.5 Å². The standard InChI is InChI=1S/C20H30O4/c1-2-3-4-6-9-17(21)14-12-16-13-15-19(22)18(16)10-7-5-8-11-20(23)24/h12,14,16,18-19,22H,2-4,6,8-11,13,15H2,1H3,(H,23,24). The lowest BCUT2D eigenvalue weighted by Crippen LogP contribution is -2.17. The molecule has 0 bridgehead atoms. The van der Waals surface area contributed by atoms with E-state index in [9.17, 15) is 14.7 Å². The van der Waals surface area contributed by atoms with Crippen LogP contribution in [0.5, 0.6) is 0 Å². The van der Waals surface area contributed by atoms with Gasteiger partial charge in [0.15, 0.2) is 5.78 Å². The molecular formula is C20H30O4. The fourth-order valence-electron chi connectivity index (χ4n) is 3.09. The number of aliphatic carboxylic acids is 1. The molecule has 4 nitrogen and oxygen atoms in total. The number of carboxylic acid groups (broad SMARTS) is 1. The van der Waals surface area contributed by atoms with E-state index in [2.05, 4.69) is 18.8 Å². The summed E-state index contributed by atoms with van der Waals surface area (Å²) in [6.45, 7) is 2.15. The number of aliphatic hydroxyl groups is 1. The number of hydrogen-bond donors (Lipinski definition) is 2. The van der Waals surface area contributed by atoms with Gasteiger partial charge in [0.2, 0.25) is 0 Å². The van der Waals surface area contributed by atoms with Gasteiger partial charge in [0.25, 0.3) is 0 Å². The first-order valence-corrected chi connectivity index (χ1v) is 9.11. The maximum absolute atomic E-state index is 11.9. The Bertz CT molecular complexity index is 484. The van der Waals surface area contributed by atoms with E-state index in [1.54, 1.807) is 6.08 Å². The monoisotopic (exact) mass is 334 g/mol. The Balaban J connectivity index is 2.40. The van der Waals surface area contributed by atoms with Crippen LogP contribution in [0, 0.1) is 23.7 Å². The Morgan fingerprint density at radius 3 is 2.62 bits per heavy atom. The van der Waals surface area contributed by atoms with E-state index in [4.69, 9.17) is 5.11 Å². The third-order valence-corrected chi connectivity index (χ3v) is 4.57. The van der Waals surface area contributed by atoms with Crippen LogP contribution in [0.15, 0.2) is 12.2 Å². The van der Waals surface area contributed by atoms with Crippen molar-refractivity contribution in [3.8, 4) is 11.8 Å². The molecule has 0 aliphatic heterocycles. The van der Waals surface area contributed by atoms with Crippen LogP contribution in [0.2, 0.25) is 0 Å². The van der Waals surface area contributed by atoms with Gasteiger partial charge in [-0.3, -0.25) is 9.59 Å². The van der Waals surface area contributed by atoms with Gasteiger partial charge >= 0.3 is 5.97 Å². The predicted molar refractivity (Wildman–Crippen MR) is 94.4 cm³/mol. The van der Waals surface area contributed by atoms with Crippen LogP contribution >= 0.6 is 0 Å². The zero-order chi connectivity index (χ0) is 17.8. The Hall–Kier alpha value is -1.60. The van der Waals surface area contributed by atoms with Crippen molar-refractivity contribution in [3.63, 3.8) is 0 Å². The van der Waals surface area contributed by atoms with Gasteiger partial charge in [-0.05, 0) is 31.3 Å². The van der Waals surface area contributed by atoms with Gasteiger partial charge in [-0.15, -0.1) is 11.8 Å². The highest BCUT2D eigenvalue weighted by atomic mass is 16.4. The molecule has 0 radical (unpaired) electrons. The van der Waals surface area contributed by atoms with Crippen LogP contribution < -0.4 is 0 Å². The molecule has 2 N–H and O–H groups in total. The molecule has 1 rings (SSSR count). The minimum atomic E-state index is -0.844. The van der Waals surface area contributed by atoms with Crippen molar-refractivity contribution in [1.82, 2.24) is 0 Å². The minimum absolute atomic E-state index is 0.0477. The van der Waals surface area contributed by atoms with E-state index in [1.807, 2.05) is 6.08 Å². The van der Waals surface area contributed by atoms with Gasteiger partial charge in [0, 0.05) is 25.2 Å². The highest BCUT2D eigenvalue weighted by Gasteiger charge is 2.32. The molecule has 1 aliphatic carbocycles. The summed E-state index contributed by atoms with van der Waals surface area (Å²) in [4.78, 5) is 22.3. The first-order valence-electron chi connectivity index (χ1n) is 9.11. The lowest BCUT2D eigenvalue weighted by molar-refractivity contribution is -0.136. The van der Waals surface area contributed by atoms with Crippen molar-refractivity contribution in [2.75, 3.05) is 0 Å². The van der Waals surface area contributed by atoms with E-state index in [0.29, 0.717) is 19.3 Å². The summed E-state index contributed by atoms with van der Waals surface area (Å²) in [7, 11) is 0. The number of carbonyl (C=O) groups is 2. The number of carboxylic acids is 1. The normalized spacial score (nSPS) is 23.2. The Morgan fingerprint density at radius 2 is 1.92 bits per heavy atom. The number of rotatable bonds is 10. The molecule has 3 unspecified atom stereocenters. The smallest absolute Gasteiger partial charge is 0.304 e. The number of allylic oxidation sites excluding steroid dienone is 2. The van der Waals surface area contributed by atoms with Crippen LogP contribution in [-0.2, 0) is 9.59 Å². The molecule has 0 saturated heterocycles. The molecule has 1 saturated carbocycles. The molecule has 134 valence electrons. The van der Waals surface area contributed by atoms with Crippen molar-refractivity contribution in [2.45, 2.75) is 77.2 Å². The number of ketones is 1. The van der Waals surface area contributed by atoms with E-state index in [-0.39, 0.29) is 30.1 Å². The molecule has 4 heteroatoms. The molecule has 24 heavy (non-hydrogen) atoms. The third-order valence-electron chi connectivity index (χ3n) is 4.57. The Morgan fingerprint density at radius 1 is 1.12 bits per heavy atom. The summed E-state index contributed by atoms with van der Waals surface area (Å²) < 4.78 is 0. The second kappa shape index (κ2) is 11.9. The van der Waals surface area contributed by atoms with E-state index < -0.39 is 5.97 Å². The Labute approximate surface area is 145 Å². The SMILES string of the molecule is CCCCCCC(=O)C=CC1CCC(O)C1CC#CCCC(=O)O. The second-order valence-electron chi connectivity index (χ2n) is 6.56. The quantitative estimate of drug-likeness (QED) is 0.363. The molecule has 1 aliphatic rings. The predicted octanol–water partition coefficient (Wildman–Crippen LogP) is 3.73. The first kappa shape index (κ1) is 20.4. The van der Waals surface area contributed by atoms with Crippen molar-refractivity contribution >= 4 is 11.8 Å². The summed E-state index contributed by atoms with van der Waals surface area (Å²) >= 11 is 0. The molecule has 0 aromatic rings. The van der Waals surface area contributed by atoms with Crippen LogP contribution in [0.25, 0.3) is 0 Å². The molecule has 0 aromatic carbocycles. The average molecular weight is 334 g/mol. The van der Waals surface area contributed by atoms with Crippen LogP contribution in [-0.4, -0.2) is 28.1 Å². The molecule has 3 atom stereocenters. The van der Waals surface area contributed by atoms with Crippen LogP contribution in [0.3, 0.4) is 0 Å². The van der Waals surface area contributed by atoms with E-state index in [1.165, 1.54) is 12.8 Å². The van der Waals surface area contributed by atoms with Gasteiger partial charge < -0.3 is 10.2 Å². The van der Waals surface area contributed by atoms with Crippen molar-refractivity contribution in [1.29, 1.82) is 0 Å². The summed E-state index contributed by atoms with van der Waals surface area (Å²) in [6, 6.07) is 0. The minimum Gasteiger partial charge on any atom is -0.481 e. The molecule has 0 heterocycles. The largest absolute Gasteiger partial charge is 0.481 e. The van der Waals surface area contributed by atoms with Crippen LogP contribution in [0.1, 0.15) is 71.1 Å². The maximum atomic E-state index is 11.9. The molecule has 0 aromatic heterocycles. The van der Waals surface area contributed by atoms with Gasteiger partial charge in [0.1, 0.15) is 0 Å². The summed E-state index contributed by atoms with van der Waals surface area (Å²) in [5, 5.41) is 18.7. The summed E-state index contributed by atoms with van der Waals surface area (Å²) in [6.07, 6.45) is 10.8. The van der Waals surface area contributed by atoms with E-state index >= 15 is 0 Å². The zero-order valence-electron chi connectivity index (χ0n) is 14.7. The first-order chi connectivity index (χ1) is 11.5. The number of hydrogen-bond acceptors (Lipinski definition) is 3.